The maximum Gasteiger partial charge on any atom is 0.123 e. The molecular formula is C12H20N2OS2. The lowest BCUT2D eigenvalue weighted by Gasteiger charge is -2.20. The lowest BCUT2D eigenvalue weighted by molar-refractivity contribution is 0.0754. The molecule has 2 atom stereocenters. The molecule has 5 heteroatoms. The van der Waals surface area contributed by atoms with Gasteiger partial charge in [-0.05, 0) is 20.4 Å². The first-order valence-corrected chi connectivity index (χ1v) is 8.09. The second-order valence-electron chi connectivity index (χ2n) is 4.22. The quantitative estimate of drug-likeness (QED) is 0.914. The highest BCUT2D eigenvalue weighted by molar-refractivity contribution is 7.99. The molecule has 17 heavy (non-hydrogen) atoms. The van der Waals surface area contributed by atoms with Crippen LogP contribution in [-0.2, 0) is 4.74 Å². The van der Waals surface area contributed by atoms with Crippen molar-refractivity contribution in [2.24, 2.45) is 0 Å². The van der Waals surface area contributed by atoms with E-state index in [1.54, 1.807) is 11.3 Å². The highest BCUT2D eigenvalue weighted by Crippen LogP contribution is 2.33. The van der Waals surface area contributed by atoms with Gasteiger partial charge in [-0.25, -0.2) is 4.98 Å². The minimum atomic E-state index is 0.208. The summed E-state index contributed by atoms with van der Waals surface area (Å²) < 4.78 is 5.78. The van der Waals surface area contributed by atoms with Gasteiger partial charge in [-0.15, -0.1) is 11.3 Å². The molecule has 1 aliphatic rings. The van der Waals surface area contributed by atoms with Gasteiger partial charge in [0.25, 0.3) is 0 Å². The van der Waals surface area contributed by atoms with E-state index in [9.17, 15) is 0 Å². The molecule has 3 nitrogen and oxygen atoms in total. The molecule has 0 aromatic carbocycles. The monoisotopic (exact) mass is 272 g/mol. The Morgan fingerprint density at radius 2 is 2.41 bits per heavy atom. The van der Waals surface area contributed by atoms with E-state index >= 15 is 0 Å². The molecule has 1 aliphatic heterocycles. The molecule has 1 N–H and O–H groups in total. The molecule has 96 valence electrons. The third-order valence-electron chi connectivity index (χ3n) is 2.84. The zero-order chi connectivity index (χ0) is 12.3. The number of aromatic nitrogens is 1. The van der Waals surface area contributed by atoms with Crippen LogP contribution in [-0.4, -0.2) is 29.6 Å². The average molecular weight is 272 g/mol. The molecular weight excluding hydrogens is 252 g/mol. The molecule has 0 spiro atoms. The molecule has 2 heterocycles. The molecule has 0 bridgehead atoms. The SMILES string of the molecule is CCNC(C)c1sc(C2CSCCO2)nc1C. The van der Waals surface area contributed by atoms with Crippen LogP contribution in [0.25, 0.3) is 0 Å². The summed E-state index contributed by atoms with van der Waals surface area (Å²) in [6.45, 7) is 8.27. The summed E-state index contributed by atoms with van der Waals surface area (Å²) in [5.74, 6) is 2.16. The predicted molar refractivity (Wildman–Crippen MR) is 75.0 cm³/mol. The zero-order valence-corrected chi connectivity index (χ0v) is 12.3. The largest absolute Gasteiger partial charge is 0.369 e. The van der Waals surface area contributed by atoms with Crippen molar-refractivity contribution in [3.05, 3.63) is 15.6 Å². The van der Waals surface area contributed by atoms with E-state index in [-0.39, 0.29) is 6.10 Å². The third kappa shape index (κ3) is 3.22. The Labute approximate surface area is 111 Å². The molecule has 0 amide bonds. The highest BCUT2D eigenvalue weighted by Gasteiger charge is 2.22. The number of aryl methyl sites for hydroxylation is 1. The van der Waals surface area contributed by atoms with Crippen LogP contribution in [0.3, 0.4) is 0 Å². The van der Waals surface area contributed by atoms with E-state index in [2.05, 4.69) is 31.1 Å². The van der Waals surface area contributed by atoms with Crippen LogP contribution in [0, 0.1) is 6.92 Å². The fourth-order valence-electron chi connectivity index (χ4n) is 2.00. The Hall–Kier alpha value is -0.100. The molecule has 1 aromatic rings. The van der Waals surface area contributed by atoms with Crippen molar-refractivity contribution in [2.75, 3.05) is 24.7 Å². The van der Waals surface area contributed by atoms with E-state index in [4.69, 9.17) is 4.74 Å². The third-order valence-corrected chi connectivity index (χ3v) is 5.27. The number of hydrogen-bond donors (Lipinski definition) is 1. The van der Waals surface area contributed by atoms with Gasteiger partial charge in [-0.1, -0.05) is 6.92 Å². The standard InChI is InChI=1S/C12H20N2OS2/c1-4-13-8(2)11-9(3)14-12(17-11)10-7-16-6-5-15-10/h8,10,13H,4-7H2,1-3H3. The molecule has 1 aromatic heterocycles. The molecule has 0 radical (unpaired) electrons. The van der Waals surface area contributed by atoms with Gasteiger partial charge in [0.05, 0.1) is 12.3 Å². The van der Waals surface area contributed by atoms with Crippen LogP contribution in [0.4, 0.5) is 0 Å². The molecule has 2 unspecified atom stereocenters. The maximum atomic E-state index is 5.78. The van der Waals surface area contributed by atoms with Gasteiger partial charge in [0.15, 0.2) is 0 Å². The summed E-state index contributed by atoms with van der Waals surface area (Å²) in [6.07, 6.45) is 0.208. The summed E-state index contributed by atoms with van der Waals surface area (Å²) in [4.78, 5) is 6.03. The molecule has 1 saturated heterocycles. The number of ether oxygens (including phenoxy) is 1. The summed E-state index contributed by atoms with van der Waals surface area (Å²) >= 11 is 3.76. The van der Waals surface area contributed by atoms with Gasteiger partial charge >= 0.3 is 0 Å². The van der Waals surface area contributed by atoms with Crippen LogP contribution < -0.4 is 5.32 Å². The number of thiazole rings is 1. The summed E-state index contributed by atoms with van der Waals surface area (Å²) in [5.41, 5.74) is 1.15. The lowest BCUT2D eigenvalue weighted by Crippen LogP contribution is -2.17. The molecule has 0 aliphatic carbocycles. The van der Waals surface area contributed by atoms with Crippen molar-refractivity contribution >= 4 is 23.1 Å². The topological polar surface area (TPSA) is 34.1 Å². The van der Waals surface area contributed by atoms with Gasteiger partial charge in [0.1, 0.15) is 11.1 Å². The minimum absolute atomic E-state index is 0.208. The Balaban J connectivity index is 2.11. The summed E-state index contributed by atoms with van der Waals surface area (Å²) in [5, 5.41) is 4.59. The van der Waals surface area contributed by atoms with Gasteiger partial charge in [0.2, 0.25) is 0 Å². The van der Waals surface area contributed by atoms with E-state index in [1.807, 2.05) is 11.8 Å². The fourth-order valence-corrected chi connectivity index (χ4v) is 4.10. The number of hydrogen-bond acceptors (Lipinski definition) is 5. The Morgan fingerprint density at radius 3 is 3.06 bits per heavy atom. The minimum Gasteiger partial charge on any atom is -0.369 e. The van der Waals surface area contributed by atoms with Crippen LogP contribution >= 0.6 is 23.1 Å². The van der Waals surface area contributed by atoms with Crippen LogP contribution in [0.5, 0.6) is 0 Å². The van der Waals surface area contributed by atoms with Gasteiger partial charge in [-0.2, -0.15) is 11.8 Å². The predicted octanol–water partition coefficient (Wildman–Crippen LogP) is 2.93. The lowest BCUT2D eigenvalue weighted by atomic mass is 10.2. The summed E-state index contributed by atoms with van der Waals surface area (Å²) in [6, 6.07) is 0.391. The van der Waals surface area contributed by atoms with Crippen molar-refractivity contribution in [1.82, 2.24) is 10.3 Å². The van der Waals surface area contributed by atoms with Crippen molar-refractivity contribution in [1.29, 1.82) is 0 Å². The molecule has 2 rings (SSSR count). The van der Waals surface area contributed by atoms with Crippen molar-refractivity contribution < 1.29 is 4.74 Å². The van der Waals surface area contributed by atoms with Crippen molar-refractivity contribution in [3.63, 3.8) is 0 Å². The second kappa shape index (κ2) is 6.18. The molecule has 0 saturated carbocycles. The zero-order valence-electron chi connectivity index (χ0n) is 10.7. The van der Waals surface area contributed by atoms with Crippen LogP contribution in [0.15, 0.2) is 0 Å². The van der Waals surface area contributed by atoms with E-state index in [0.717, 1.165) is 35.4 Å². The molecule has 1 fully saturated rings. The summed E-state index contributed by atoms with van der Waals surface area (Å²) in [7, 11) is 0. The first kappa shape index (κ1) is 13.3. The van der Waals surface area contributed by atoms with Crippen LogP contribution in [0.1, 0.15) is 41.6 Å². The first-order valence-electron chi connectivity index (χ1n) is 6.12. The van der Waals surface area contributed by atoms with Gasteiger partial charge in [-0.3, -0.25) is 0 Å². The van der Waals surface area contributed by atoms with E-state index in [1.165, 1.54) is 4.88 Å². The van der Waals surface area contributed by atoms with Crippen molar-refractivity contribution in [2.45, 2.75) is 32.9 Å². The van der Waals surface area contributed by atoms with E-state index in [0.29, 0.717) is 6.04 Å². The normalized spacial score (nSPS) is 22.6. The number of nitrogens with one attached hydrogen (secondary N) is 1. The van der Waals surface area contributed by atoms with Crippen LogP contribution in [0.2, 0.25) is 0 Å². The van der Waals surface area contributed by atoms with Gasteiger partial charge < -0.3 is 10.1 Å². The van der Waals surface area contributed by atoms with Crippen molar-refractivity contribution in [3.8, 4) is 0 Å². The number of rotatable bonds is 4. The smallest absolute Gasteiger partial charge is 0.123 e. The second-order valence-corrected chi connectivity index (χ2v) is 6.43. The van der Waals surface area contributed by atoms with Gasteiger partial charge in [0, 0.05) is 22.4 Å². The number of nitrogens with zero attached hydrogens (tertiary/aromatic N) is 1. The fraction of sp³-hybridized carbons (Fsp3) is 0.750. The first-order chi connectivity index (χ1) is 8.22. The maximum absolute atomic E-state index is 5.78. The Kier molecular flexibility index (Phi) is 4.85. The Bertz CT molecular complexity index is 361. The van der Waals surface area contributed by atoms with E-state index < -0.39 is 0 Å². The highest BCUT2D eigenvalue weighted by atomic mass is 32.2. The Morgan fingerprint density at radius 1 is 1.59 bits per heavy atom. The average Bonchev–Trinajstić information content (AvgIpc) is 2.73. The number of thioether (sulfide) groups is 1.